The third-order valence-electron chi connectivity index (χ3n) is 1.97. The third-order valence-corrected chi connectivity index (χ3v) is 1.97. The molecule has 1 atom stereocenters. The molecule has 0 aliphatic heterocycles. The van der Waals surface area contributed by atoms with E-state index in [1.165, 1.54) is 0 Å². The van der Waals surface area contributed by atoms with E-state index in [1.54, 1.807) is 0 Å². The Morgan fingerprint density at radius 1 is 1.33 bits per heavy atom. The van der Waals surface area contributed by atoms with Gasteiger partial charge in [-0.1, -0.05) is 20.8 Å². The van der Waals surface area contributed by atoms with Crippen molar-refractivity contribution in [1.82, 2.24) is 5.32 Å². The molecule has 0 rings (SSSR count). The summed E-state index contributed by atoms with van der Waals surface area (Å²) in [5.74, 6) is 0. The lowest BCUT2D eigenvalue weighted by atomic mass is 9.93. The Hall–Kier alpha value is -0.590. The molecule has 0 aromatic rings. The van der Waals surface area contributed by atoms with Gasteiger partial charge in [-0.3, -0.25) is 5.32 Å². The minimum absolute atomic E-state index is 0.190. The molecule has 1 N–H and O–H groups in total. The van der Waals surface area contributed by atoms with Crippen molar-refractivity contribution in [3.63, 3.8) is 0 Å². The number of nitriles is 1. The molecule has 0 heterocycles. The van der Waals surface area contributed by atoms with Crippen molar-refractivity contribution >= 4 is 0 Å². The highest BCUT2D eigenvalue weighted by Gasteiger charge is 2.11. The number of nitrogens with zero attached hydrogens (tertiary/aromatic N) is 1. The molecule has 0 spiro atoms. The summed E-state index contributed by atoms with van der Waals surface area (Å²) in [7, 11) is 0. The van der Waals surface area contributed by atoms with Crippen LogP contribution in [0.4, 0.5) is 0 Å². The molecule has 0 saturated carbocycles. The summed E-state index contributed by atoms with van der Waals surface area (Å²) >= 11 is 0. The highest BCUT2D eigenvalue weighted by Crippen LogP contribution is 2.17. The second-order valence-electron chi connectivity index (χ2n) is 5.39. The molecule has 0 bridgehead atoms. The van der Waals surface area contributed by atoms with Crippen molar-refractivity contribution in [2.45, 2.75) is 53.1 Å². The molecular formula is C12H24N2O. The van der Waals surface area contributed by atoms with Gasteiger partial charge in [0.15, 0.2) is 0 Å². The molecule has 0 fully saturated rings. The van der Waals surface area contributed by atoms with Gasteiger partial charge in [0.1, 0.15) is 6.04 Å². The monoisotopic (exact) mass is 212 g/mol. The predicted octanol–water partition coefficient (Wildman–Crippen LogP) is 2.33. The summed E-state index contributed by atoms with van der Waals surface area (Å²) in [5, 5.41) is 12.0. The van der Waals surface area contributed by atoms with Gasteiger partial charge >= 0.3 is 0 Å². The van der Waals surface area contributed by atoms with Gasteiger partial charge in [-0.05, 0) is 25.7 Å². The number of hydrogen-bond donors (Lipinski definition) is 1. The van der Waals surface area contributed by atoms with Crippen molar-refractivity contribution in [1.29, 1.82) is 5.26 Å². The molecule has 0 aromatic carbocycles. The van der Waals surface area contributed by atoms with Gasteiger partial charge in [0.25, 0.3) is 0 Å². The van der Waals surface area contributed by atoms with Gasteiger partial charge in [0, 0.05) is 12.6 Å². The second kappa shape index (κ2) is 6.81. The van der Waals surface area contributed by atoms with Crippen LogP contribution >= 0.6 is 0 Å². The normalized spacial score (nSPS) is 13.9. The first-order valence-corrected chi connectivity index (χ1v) is 5.58. The molecule has 0 amide bonds. The summed E-state index contributed by atoms with van der Waals surface area (Å²) < 4.78 is 5.48. The maximum atomic E-state index is 8.84. The van der Waals surface area contributed by atoms with Gasteiger partial charge in [0.2, 0.25) is 0 Å². The van der Waals surface area contributed by atoms with Crippen LogP contribution in [0.3, 0.4) is 0 Å². The van der Waals surface area contributed by atoms with E-state index in [9.17, 15) is 0 Å². The molecule has 0 saturated heterocycles. The molecule has 3 heteroatoms. The topological polar surface area (TPSA) is 45.0 Å². The average molecular weight is 212 g/mol. The predicted molar refractivity (Wildman–Crippen MR) is 62.6 cm³/mol. The Morgan fingerprint density at radius 3 is 2.33 bits per heavy atom. The first kappa shape index (κ1) is 14.4. The summed E-state index contributed by atoms with van der Waals surface area (Å²) in [6.07, 6.45) is 1.02. The van der Waals surface area contributed by atoms with Crippen LogP contribution in [0.2, 0.25) is 0 Å². The Kier molecular flexibility index (Phi) is 6.55. The van der Waals surface area contributed by atoms with Crippen molar-refractivity contribution < 1.29 is 4.74 Å². The molecule has 0 radical (unpaired) electrons. The lowest BCUT2D eigenvalue weighted by Crippen LogP contribution is -2.37. The number of nitrogens with one attached hydrogen (secondary N) is 1. The van der Waals surface area contributed by atoms with Crippen LogP contribution in [0.15, 0.2) is 0 Å². The molecule has 0 aromatic heterocycles. The fourth-order valence-corrected chi connectivity index (χ4v) is 1.10. The van der Waals surface area contributed by atoms with Crippen LogP contribution in [0.25, 0.3) is 0 Å². The summed E-state index contributed by atoms with van der Waals surface area (Å²) in [4.78, 5) is 0. The number of ether oxygens (including phenoxy) is 1. The zero-order chi connectivity index (χ0) is 11.9. The molecule has 0 aliphatic rings. The fraction of sp³-hybridized carbons (Fsp3) is 0.917. The summed E-state index contributed by atoms with van der Waals surface area (Å²) in [6.45, 7) is 11.8. The van der Waals surface area contributed by atoms with E-state index in [0.717, 1.165) is 13.0 Å². The second-order valence-corrected chi connectivity index (χ2v) is 5.39. The van der Waals surface area contributed by atoms with Gasteiger partial charge in [0.05, 0.1) is 12.7 Å². The van der Waals surface area contributed by atoms with Crippen molar-refractivity contribution in [3.05, 3.63) is 0 Å². The molecule has 1 unspecified atom stereocenters. The van der Waals surface area contributed by atoms with E-state index < -0.39 is 0 Å². The van der Waals surface area contributed by atoms with Crippen LogP contribution in [-0.2, 0) is 4.74 Å². The first-order chi connectivity index (χ1) is 6.85. The SMILES string of the molecule is CC(C)NC(C#N)COCCC(C)(C)C. The highest BCUT2D eigenvalue weighted by atomic mass is 16.5. The van der Waals surface area contributed by atoms with Crippen molar-refractivity contribution in [2.24, 2.45) is 5.41 Å². The zero-order valence-corrected chi connectivity index (χ0v) is 10.6. The summed E-state index contributed by atoms with van der Waals surface area (Å²) in [5.41, 5.74) is 0.299. The largest absolute Gasteiger partial charge is 0.379 e. The average Bonchev–Trinajstić information content (AvgIpc) is 2.08. The fourth-order valence-electron chi connectivity index (χ4n) is 1.10. The molecule has 3 nitrogen and oxygen atoms in total. The van der Waals surface area contributed by atoms with Gasteiger partial charge in [-0.15, -0.1) is 0 Å². The highest BCUT2D eigenvalue weighted by molar-refractivity contribution is 4.90. The van der Waals surface area contributed by atoms with Crippen LogP contribution in [0.5, 0.6) is 0 Å². The van der Waals surface area contributed by atoms with Crippen molar-refractivity contribution in [3.8, 4) is 6.07 Å². The minimum Gasteiger partial charge on any atom is -0.379 e. The lowest BCUT2D eigenvalue weighted by Gasteiger charge is -2.19. The maximum absolute atomic E-state index is 8.84. The van der Waals surface area contributed by atoms with Gasteiger partial charge < -0.3 is 4.74 Å². The Balaban J connectivity index is 3.61. The first-order valence-electron chi connectivity index (χ1n) is 5.58. The van der Waals surface area contributed by atoms with Gasteiger partial charge in [-0.25, -0.2) is 0 Å². The van der Waals surface area contributed by atoms with Crippen LogP contribution in [0.1, 0.15) is 41.0 Å². The van der Waals surface area contributed by atoms with Crippen LogP contribution in [0, 0.1) is 16.7 Å². The van der Waals surface area contributed by atoms with E-state index in [0.29, 0.717) is 18.1 Å². The number of hydrogen-bond acceptors (Lipinski definition) is 3. The van der Waals surface area contributed by atoms with Gasteiger partial charge in [-0.2, -0.15) is 5.26 Å². The minimum atomic E-state index is -0.190. The Bertz CT molecular complexity index is 201. The third kappa shape index (κ3) is 9.71. The van der Waals surface area contributed by atoms with Crippen LogP contribution < -0.4 is 5.32 Å². The Morgan fingerprint density at radius 2 is 1.93 bits per heavy atom. The molecule has 88 valence electrons. The van der Waals surface area contributed by atoms with Crippen LogP contribution in [-0.4, -0.2) is 25.3 Å². The smallest absolute Gasteiger partial charge is 0.119 e. The lowest BCUT2D eigenvalue weighted by molar-refractivity contribution is 0.0979. The molecule has 15 heavy (non-hydrogen) atoms. The molecule has 0 aliphatic carbocycles. The van der Waals surface area contributed by atoms with E-state index >= 15 is 0 Å². The maximum Gasteiger partial charge on any atom is 0.119 e. The molecular weight excluding hydrogens is 188 g/mol. The van der Waals surface area contributed by atoms with Crippen molar-refractivity contribution in [2.75, 3.05) is 13.2 Å². The van der Waals surface area contributed by atoms with E-state index in [1.807, 2.05) is 13.8 Å². The number of rotatable bonds is 6. The zero-order valence-electron chi connectivity index (χ0n) is 10.6. The summed E-state index contributed by atoms with van der Waals surface area (Å²) in [6, 6.07) is 2.33. The quantitative estimate of drug-likeness (QED) is 0.687. The van der Waals surface area contributed by atoms with E-state index in [-0.39, 0.29) is 6.04 Å². The Labute approximate surface area is 93.8 Å². The van der Waals surface area contributed by atoms with E-state index in [2.05, 4.69) is 32.2 Å². The van der Waals surface area contributed by atoms with E-state index in [4.69, 9.17) is 10.00 Å². The standard InChI is InChI=1S/C12H24N2O/c1-10(2)14-11(8-13)9-15-7-6-12(3,4)5/h10-11,14H,6-7,9H2,1-5H3.